The number of anilines is 1. The Hall–Kier alpha value is -3.80. The molecule has 0 fully saturated rings. The van der Waals surface area contributed by atoms with E-state index >= 15 is 0 Å². The number of aromatic hydroxyl groups is 1. The molecule has 0 saturated carbocycles. The highest BCUT2D eigenvalue weighted by Gasteiger charge is 2.38. The van der Waals surface area contributed by atoms with Gasteiger partial charge in [0.1, 0.15) is 11.3 Å². The zero-order chi connectivity index (χ0) is 25.0. The van der Waals surface area contributed by atoms with Crippen molar-refractivity contribution in [3.8, 4) is 5.75 Å². The number of carboxylic acids is 1. The lowest BCUT2D eigenvalue weighted by atomic mass is 9.96. The third-order valence-electron chi connectivity index (χ3n) is 4.50. The van der Waals surface area contributed by atoms with Gasteiger partial charge in [0.25, 0.3) is 0 Å². The number of thiazole rings is 1. The zero-order valence-corrected chi connectivity index (χ0v) is 18.1. The average molecular weight is 497 g/mol. The van der Waals surface area contributed by atoms with Crippen LogP contribution < -0.4 is 5.32 Å². The summed E-state index contributed by atoms with van der Waals surface area (Å²) in [6, 6.07) is 10.3. The predicted octanol–water partition coefficient (Wildman–Crippen LogP) is 5.82. The van der Waals surface area contributed by atoms with E-state index in [9.17, 15) is 27.1 Å². The second-order valence-corrected chi connectivity index (χ2v) is 7.78. The number of phenolic OH excluding ortho intramolecular Hbond substituents is 1. The molecule has 0 spiro atoms. The van der Waals surface area contributed by atoms with Gasteiger partial charge in [-0.1, -0.05) is 24.3 Å². The zero-order valence-electron chi connectivity index (χ0n) is 17.3. The Morgan fingerprint density at radius 1 is 1.12 bits per heavy atom. The largest absolute Gasteiger partial charge is 0.505 e. The van der Waals surface area contributed by atoms with Gasteiger partial charge in [-0.3, -0.25) is 4.98 Å². The fourth-order valence-electron chi connectivity index (χ4n) is 2.95. The van der Waals surface area contributed by atoms with Crippen LogP contribution in [-0.4, -0.2) is 32.3 Å². The molecule has 4 aromatic rings. The van der Waals surface area contributed by atoms with Crippen molar-refractivity contribution in [2.45, 2.75) is 19.1 Å². The minimum absolute atomic E-state index is 0.0105. The van der Waals surface area contributed by atoms with E-state index in [2.05, 4.69) is 15.3 Å². The number of aryl methyl sites for hydroxylation is 1. The second kappa shape index (κ2) is 10.00. The van der Waals surface area contributed by atoms with Gasteiger partial charge in [-0.15, -0.1) is 11.3 Å². The van der Waals surface area contributed by atoms with Gasteiger partial charge in [0.05, 0.1) is 11.7 Å². The SMILES string of the molecule is Cc1csc(NC(c2ccc(F)c(F)c2)c2ccc3cccnc3c2O)n1.O=C(O)C(F)(F)F. The summed E-state index contributed by atoms with van der Waals surface area (Å²) >= 11 is 1.40. The number of hydrogen-bond acceptors (Lipinski definition) is 6. The van der Waals surface area contributed by atoms with Gasteiger partial charge in [0.2, 0.25) is 0 Å². The number of fused-ring (bicyclic) bond motifs is 1. The van der Waals surface area contributed by atoms with Gasteiger partial charge < -0.3 is 15.5 Å². The molecule has 3 N–H and O–H groups in total. The smallest absolute Gasteiger partial charge is 0.490 e. The third-order valence-corrected chi connectivity index (χ3v) is 5.39. The number of phenols is 1. The summed E-state index contributed by atoms with van der Waals surface area (Å²) in [6.45, 7) is 1.87. The maximum absolute atomic E-state index is 13.9. The molecule has 2 heterocycles. The molecular weight excluding hydrogens is 481 g/mol. The molecule has 1 atom stereocenters. The van der Waals surface area contributed by atoms with Crippen molar-refractivity contribution < 1.29 is 37.0 Å². The number of carbonyl (C=O) groups is 1. The second-order valence-electron chi connectivity index (χ2n) is 6.93. The quantitative estimate of drug-likeness (QED) is 0.308. The summed E-state index contributed by atoms with van der Waals surface area (Å²) in [5, 5.41) is 24.4. The van der Waals surface area contributed by atoms with Crippen molar-refractivity contribution in [1.29, 1.82) is 0 Å². The number of benzene rings is 2. The number of halogens is 5. The summed E-state index contributed by atoms with van der Waals surface area (Å²) < 4.78 is 59.0. The first kappa shape index (κ1) is 24.8. The summed E-state index contributed by atoms with van der Waals surface area (Å²) in [4.78, 5) is 17.5. The first-order valence-electron chi connectivity index (χ1n) is 9.47. The number of aliphatic carboxylic acids is 1. The van der Waals surface area contributed by atoms with Crippen LogP contribution in [0.1, 0.15) is 22.9 Å². The molecule has 4 rings (SSSR count). The fraction of sp³-hybridized carbons (Fsp3) is 0.136. The highest BCUT2D eigenvalue weighted by Crippen LogP contribution is 2.37. The van der Waals surface area contributed by atoms with Gasteiger partial charge in [0, 0.05) is 22.5 Å². The monoisotopic (exact) mass is 497 g/mol. The summed E-state index contributed by atoms with van der Waals surface area (Å²) in [5.74, 6) is -4.64. The van der Waals surface area contributed by atoms with Crippen molar-refractivity contribution in [1.82, 2.24) is 9.97 Å². The molecule has 178 valence electrons. The van der Waals surface area contributed by atoms with Gasteiger partial charge >= 0.3 is 12.1 Å². The molecule has 34 heavy (non-hydrogen) atoms. The minimum Gasteiger partial charge on any atom is -0.505 e. The van der Waals surface area contributed by atoms with Crippen molar-refractivity contribution in [3.05, 3.63) is 82.5 Å². The molecule has 12 heteroatoms. The van der Waals surface area contributed by atoms with E-state index in [0.717, 1.165) is 23.2 Å². The van der Waals surface area contributed by atoms with Crippen LogP contribution in [0.2, 0.25) is 0 Å². The van der Waals surface area contributed by atoms with Crippen LogP contribution in [0.3, 0.4) is 0 Å². The predicted molar refractivity (Wildman–Crippen MR) is 116 cm³/mol. The number of carboxylic acid groups (broad SMARTS) is 1. The number of nitrogens with one attached hydrogen (secondary N) is 1. The van der Waals surface area contributed by atoms with Crippen LogP contribution in [0.5, 0.6) is 5.75 Å². The molecule has 2 aromatic carbocycles. The Morgan fingerprint density at radius 3 is 2.41 bits per heavy atom. The highest BCUT2D eigenvalue weighted by atomic mass is 32.1. The van der Waals surface area contributed by atoms with E-state index in [1.807, 2.05) is 24.4 Å². The van der Waals surface area contributed by atoms with E-state index < -0.39 is 29.8 Å². The third kappa shape index (κ3) is 5.76. The maximum Gasteiger partial charge on any atom is 0.490 e. The fourth-order valence-corrected chi connectivity index (χ4v) is 3.67. The Labute approximate surface area is 193 Å². The van der Waals surface area contributed by atoms with E-state index in [1.165, 1.54) is 17.4 Å². The van der Waals surface area contributed by atoms with Crippen molar-refractivity contribution in [2.75, 3.05) is 5.32 Å². The van der Waals surface area contributed by atoms with Crippen LogP contribution >= 0.6 is 11.3 Å². The number of alkyl halides is 3. The van der Waals surface area contributed by atoms with Gasteiger partial charge in [0.15, 0.2) is 16.8 Å². The summed E-state index contributed by atoms with van der Waals surface area (Å²) in [7, 11) is 0. The summed E-state index contributed by atoms with van der Waals surface area (Å²) in [6.07, 6.45) is -3.49. The van der Waals surface area contributed by atoms with Crippen LogP contribution in [0, 0.1) is 18.6 Å². The molecular formula is C22H16F5N3O3S. The van der Waals surface area contributed by atoms with Crippen molar-refractivity contribution >= 4 is 33.3 Å². The molecule has 2 aromatic heterocycles. The molecule has 0 amide bonds. The minimum atomic E-state index is -5.08. The molecule has 0 aliphatic heterocycles. The summed E-state index contributed by atoms with van der Waals surface area (Å²) in [5.41, 5.74) is 2.25. The number of nitrogens with zero attached hydrogens (tertiary/aromatic N) is 2. The molecule has 0 saturated heterocycles. The Balaban J connectivity index is 0.000000406. The molecule has 6 nitrogen and oxygen atoms in total. The van der Waals surface area contributed by atoms with Crippen LogP contribution in [-0.2, 0) is 4.79 Å². The first-order valence-corrected chi connectivity index (χ1v) is 10.4. The molecule has 0 aliphatic carbocycles. The topological polar surface area (TPSA) is 95.3 Å². The Morgan fingerprint density at radius 2 is 1.82 bits per heavy atom. The van der Waals surface area contributed by atoms with Crippen molar-refractivity contribution in [3.63, 3.8) is 0 Å². The first-order chi connectivity index (χ1) is 16.0. The van der Waals surface area contributed by atoms with Gasteiger partial charge in [-0.25, -0.2) is 18.6 Å². The van der Waals surface area contributed by atoms with Crippen LogP contribution in [0.15, 0.2) is 54.0 Å². The molecule has 0 aliphatic rings. The average Bonchev–Trinajstić information content (AvgIpc) is 3.19. The number of aromatic nitrogens is 2. The van der Waals surface area contributed by atoms with E-state index in [-0.39, 0.29) is 5.75 Å². The molecule has 1 unspecified atom stereocenters. The number of pyridine rings is 1. The number of hydrogen-bond donors (Lipinski definition) is 3. The maximum atomic E-state index is 13.9. The van der Waals surface area contributed by atoms with Gasteiger partial charge in [-0.05, 0) is 30.7 Å². The standard InChI is InChI=1S/C20H15F2N3OS.C2HF3O2/c1-11-10-27-20(24-11)25-17(13-5-7-15(21)16(22)9-13)14-6-4-12-3-2-8-23-18(12)19(14)26;3-2(4,5)1(6)7/h2-10,17,26H,1H3,(H,24,25);(H,6,7). The lowest BCUT2D eigenvalue weighted by molar-refractivity contribution is -0.192. The van der Waals surface area contributed by atoms with E-state index in [4.69, 9.17) is 9.90 Å². The lowest BCUT2D eigenvalue weighted by Crippen LogP contribution is -2.21. The van der Waals surface area contributed by atoms with E-state index in [0.29, 0.717) is 21.8 Å². The van der Waals surface area contributed by atoms with Crippen molar-refractivity contribution in [2.24, 2.45) is 0 Å². The Kier molecular flexibility index (Phi) is 7.30. The van der Waals surface area contributed by atoms with Gasteiger partial charge in [-0.2, -0.15) is 13.2 Å². The normalized spacial score (nSPS) is 12.1. The van der Waals surface area contributed by atoms with E-state index in [1.54, 1.807) is 18.3 Å². The Bertz CT molecular complexity index is 1330. The highest BCUT2D eigenvalue weighted by molar-refractivity contribution is 7.13. The molecule has 0 radical (unpaired) electrons. The lowest BCUT2D eigenvalue weighted by Gasteiger charge is -2.21. The number of rotatable bonds is 4. The molecule has 0 bridgehead atoms. The van der Waals surface area contributed by atoms with Crippen LogP contribution in [0.25, 0.3) is 10.9 Å². The van der Waals surface area contributed by atoms with Crippen LogP contribution in [0.4, 0.5) is 27.1 Å².